The van der Waals surface area contributed by atoms with E-state index in [0.29, 0.717) is 11.3 Å². The Morgan fingerprint density at radius 1 is 1.00 bits per heavy atom. The van der Waals surface area contributed by atoms with Crippen LogP contribution in [0.15, 0.2) is 70.8 Å². The molecule has 8 nitrogen and oxygen atoms in total. The summed E-state index contributed by atoms with van der Waals surface area (Å²) in [7, 11) is -6.06. The van der Waals surface area contributed by atoms with Crippen LogP contribution in [0.3, 0.4) is 0 Å². The van der Waals surface area contributed by atoms with E-state index in [2.05, 4.69) is 4.98 Å². The van der Waals surface area contributed by atoms with E-state index in [9.17, 15) is 16.8 Å². The van der Waals surface area contributed by atoms with Gasteiger partial charge < -0.3 is 9.30 Å². The van der Waals surface area contributed by atoms with Gasteiger partial charge in [0.25, 0.3) is 0 Å². The van der Waals surface area contributed by atoms with Gasteiger partial charge in [-0.2, -0.15) is 4.31 Å². The molecule has 0 N–H and O–H groups in total. The molecule has 3 aromatic rings. The van der Waals surface area contributed by atoms with Crippen LogP contribution in [0, 0.1) is 6.92 Å². The number of aromatic nitrogens is 2. The molecule has 0 aliphatic rings. The highest BCUT2D eigenvalue weighted by molar-refractivity contribution is 7.90. The molecular formula is C24H31N3O5S2. The van der Waals surface area contributed by atoms with Crippen molar-refractivity contribution in [3.05, 3.63) is 77.6 Å². The number of sulfone groups is 1. The summed E-state index contributed by atoms with van der Waals surface area (Å²) in [6, 6.07) is 15.2. The number of hydrogen-bond donors (Lipinski definition) is 0. The van der Waals surface area contributed by atoms with E-state index in [-0.39, 0.29) is 41.5 Å². The minimum Gasteiger partial charge on any atom is -0.383 e. The van der Waals surface area contributed by atoms with E-state index < -0.39 is 19.9 Å². The van der Waals surface area contributed by atoms with Gasteiger partial charge in [-0.25, -0.2) is 21.8 Å². The Hall–Kier alpha value is -2.53. The number of methoxy groups -OCH3 is 1. The van der Waals surface area contributed by atoms with Crippen molar-refractivity contribution in [1.82, 2.24) is 13.9 Å². The van der Waals surface area contributed by atoms with Gasteiger partial charge in [0.1, 0.15) is 0 Å². The predicted molar refractivity (Wildman–Crippen MR) is 130 cm³/mol. The summed E-state index contributed by atoms with van der Waals surface area (Å²) in [6.45, 7) is 5.92. The summed E-state index contributed by atoms with van der Waals surface area (Å²) in [5.74, 6) is -0.202. The molecule has 0 bridgehead atoms. The quantitative estimate of drug-likeness (QED) is 0.396. The average molecular weight is 506 g/mol. The first-order valence-electron chi connectivity index (χ1n) is 10.9. The molecule has 184 valence electrons. The van der Waals surface area contributed by atoms with Crippen molar-refractivity contribution < 1.29 is 21.6 Å². The lowest BCUT2D eigenvalue weighted by atomic mass is 10.2. The third kappa shape index (κ3) is 5.93. The Morgan fingerprint density at radius 2 is 1.65 bits per heavy atom. The first-order chi connectivity index (χ1) is 16.1. The molecule has 0 unspecified atom stereocenters. The summed E-state index contributed by atoms with van der Waals surface area (Å²) in [4.78, 5) is 4.40. The van der Waals surface area contributed by atoms with Crippen LogP contribution in [-0.4, -0.2) is 50.5 Å². The second-order valence-corrected chi connectivity index (χ2v) is 12.2. The summed E-state index contributed by atoms with van der Waals surface area (Å²) in [5.41, 5.74) is 2.09. The van der Waals surface area contributed by atoms with Crippen molar-refractivity contribution in [3.8, 4) is 0 Å². The summed E-state index contributed by atoms with van der Waals surface area (Å²) >= 11 is 0. The highest BCUT2D eigenvalue weighted by atomic mass is 32.2. The second-order valence-electron chi connectivity index (χ2n) is 8.38. The molecule has 0 atom stereocenters. The van der Waals surface area contributed by atoms with Crippen LogP contribution >= 0.6 is 0 Å². The largest absolute Gasteiger partial charge is 0.383 e. The van der Waals surface area contributed by atoms with Gasteiger partial charge in [0.2, 0.25) is 25.0 Å². The summed E-state index contributed by atoms with van der Waals surface area (Å²) in [6.07, 6.45) is 1.44. The van der Waals surface area contributed by atoms with E-state index in [4.69, 9.17) is 4.74 Å². The number of ether oxygens (including phenoxy) is 1. The fourth-order valence-corrected chi connectivity index (χ4v) is 6.72. The topological polar surface area (TPSA) is 98.6 Å². The van der Waals surface area contributed by atoms with Gasteiger partial charge in [0.15, 0.2) is 0 Å². The van der Waals surface area contributed by atoms with E-state index in [0.717, 1.165) is 5.56 Å². The SMILES string of the molecule is COCCn1c(CN(C(C)C)S(=O)(=O)c2ccc(C)cc2)cnc1S(=O)(=O)Cc1ccccc1. The van der Waals surface area contributed by atoms with Crippen LogP contribution in [-0.2, 0) is 43.4 Å². The molecule has 1 aromatic heterocycles. The molecule has 34 heavy (non-hydrogen) atoms. The third-order valence-electron chi connectivity index (χ3n) is 5.42. The number of hydrogen-bond acceptors (Lipinski definition) is 6. The lowest BCUT2D eigenvalue weighted by Crippen LogP contribution is -2.37. The van der Waals surface area contributed by atoms with Gasteiger partial charge in [-0.1, -0.05) is 48.0 Å². The lowest BCUT2D eigenvalue weighted by molar-refractivity contribution is 0.182. The fourth-order valence-electron chi connectivity index (χ4n) is 3.60. The zero-order chi connectivity index (χ0) is 24.9. The van der Waals surface area contributed by atoms with Gasteiger partial charge in [-0.15, -0.1) is 0 Å². The van der Waals surface area contributed by atoms with Crippen molar-refractivity contribution in [3.63, 3.8) is 0 Å². The van der Waals surface area contributed by atoms with Gasteiger partial charge in [-0.3, -0.25) is 0 Å². The number of rotatable bonds is 11. The molecule has 0 aliphatic heterocycles. The zero-order valence-corrected chi connectivity index (χ0v) is 21.5. The predicted octanol–water partition coefficient (Wildman–Crippen LogP) is 3.41. The Kier molecular flexibility index (Phi) is 8.29. The van der Waals surface area contributed by atoms with Crippen molar-refractivity contribution in [2.45, 2.75) is 55.7 Å². The summed E-state index contributed by atoms with van der Waals surface area (Å²) in [5, 5.41) is -0.0974. The third-order valence-corrected chi connectivity index (χ3v) is 9.05. The number of benzene rings is 2. The molecule has 0 aliphatic carbocycles. The average Bonchev–Trinajstić information content (AvgIpc) is 3.20. The second kappa shape index (κ2) is 10.8. The van der Waals surface area contributed by atoms with Gasteiger partial charge in [-0.05, 0) is 38.5 Å². The Bertz CT molecular complexity index is 1300. The minimum atomic E-state index is -3.82. The molecule has 0 amide bonds. The highest BCUT2D eigenvalue weighted by Gasteiger charge is 2.30. The van der Waals surface area contributed by atoms with Gasteiger partial charge in [0, 0.05) is 19.7 Å². The fraction of sp³-hybridized carbons (Fsp3) is 0.375. The van der Waals surface area contributed by atoms with Crippen LogP contribution in [0.4, 0.5) is 0 Å². The molecule has 0 saturated carbocycles. The van der Waals surface area contributed by atoms with Crippen LogP contribution < -0.4 is 0 Å². The van der Waals surface area contributed by atoms with Crippen molar-refractivity contribution in [1.29, 1.82) is 0 Å². The van der Waals surface area contributed by atoms with Crippen molar-refractivity contribution >= 4 is 19.9 Å². The van der Waals surface area contributed by atoms with Crippen LogP contribution in [0.1, 0.15) is 30.7 Å². The van der Waals surface area contributed by atoms with Crippen molar-refractivity contribution in [2.75, 3.05) is 13.7 Å². The Balaban J connectivity index is 1.99. The monoisotopic (exact) mass is 505 g/mol. The zero-order valence-electron chi connectivity index (χ0n) is 19.9. The highest BCUT2D eigenvalue weighted by Crippen LogP contribution is 2.24. The first kappa shape index (κ1) is 26.1. The maximum absolute atomic E-state index is 13.4. The molecule has 1 heterocycles. The van der Waals surface area contributed by atoms with Crippen LogP contribution in [0.5, 0.6) is 0 Å². The first-order valence-corrected chi connectivity index (χ1v) is 14.0. The van der Waals surface area contributed by atoms with E-state index >= 15 is 0 Å². The molecule has 0 spiro atoms. The Morgan fingerprint density at radius 3 is 2.24 bits per heavy atom. The number of sulfonamides is 1. The van der Waals surface area contributed by atoms with Gasteiger partial charge in [0.05, 0.1) is 35.7 Å². The van der Waals surface area contributed by atoms with E-state index in [1.807, 2.05) is 13.0 Å². The standard InChI is InChI=1S/C24H31N3O5S2/c1-19(2)27(34(30,31)23-12-10-20(3)11-13-23)17-22-16-25-24(26(22)14-15-32-4)33(28,29)18-21-8-6-5-7-9-21/h5-13,16,19H,14-15,17-18H2,1-4H3. The molecule has 3 rings (SSSR count). The van der Waals surface area contributed by atoms with E-state index in [1.165, 1.54) is 17.6 Å². The van der Waals surface area contributed by atoms with E-state index in [1.54, 1.807) is 66.9 Å². The summed E-state index contributed by atoms with van der Waals surface area (Å²) < 4.78 is 61.3. The maximum atomic E-state index is 13.4. The smallest absolute Gasteiger partial charge is 0.243 e. The molecular weight excluding hydrogens is 474 g/mol. The number of nitrogens with zero attached hydrogens (tertiary/aromatic N) is 3. The van der Waals surface area contributed by atoms with Crippen LogP contribution in [0.25, 0.3) is 0 Å². The van der Waals surface area contributed by atoms with Crippen LogP contribution in [0.2, 0.25) is 0 Å². The molecule has 10 heteroatoms. The molecule has 0 saturated heterocycles. The molecule has 0 fully saturated rings. The lowest BCUT2D eigenvalue weighted by Gasteiger charge is -2.26. The number of aryl methyl sites for hydroxylation is 1. The minimum absolute atomic E-state index is 0.0224. The van der Waals surface area contributed by atoms with Crippen molar-refractivity contribution in [2.24, 2.45) is 0 Å². The molecule has 2 aromatic carbocycles. The number of imidazole rings is 1. The molecule has 0 radical (unpaired) electrons. The maximum Gasteiger partial charge on any atom is 0.243 e. The van der Waals surface area contributed by atoms with Gasteiger partial charge >= 0.3 is 0 Å². The normalized spacial score (nSPS) is 12.5. The Labute approximate surface area is 202 Å².